The molecule has 1 atom stereocenters. The zero-order valence-electron chi connectivity index (χ0n) is 13.0. The third-order valence-corrected chi connectivity index (χ3v) is 4.10. The first-order valence-electron chi connectivity index (χ1n) is 7.02. The first kappa shape index (κ1) is 18.2. The van der Waals surface area contributed by atoms with E-state index in [1.54, 1.807) is 12.1 Å². The molecule has 0 saturated carbocycles. The number of fused-ring (bicyclic) bond motifs is 1. The van der Waals surface area contributed by atoms with Gasteiger partial charge in [0.15, 0.2) is 0 Å². The fraction of sp³-hybridized carbons (Fsp3) is 0.375. The highest BCUT2D eigenvalue weighted by Crippen LogP contribution is 2.16. The third kappa shape index (κ3) is 3.48. The van der Waals surface area contributed by atoms with Crippen molar-refractivity contribution >= 4 is 29.2 Å². The van der Waals surface area contributed by atoms with E-state index in [9.17, 15) is 9.59 Å². The molecule has 120 valence electrons. The Morgan fingerprint density at radius 1 is 1.36 bits per heavy atom. The maximum absolute atomic E-state index is 12.4. The van der Waals surface area contributed by atoms with Gasteiger partial charge in [-0.15, -0.1) is 12.4 Å². The Hall–Kier alpha value is -1.85. The zero-order valence-corrected chi connectivity index (χ0v) is 13.8. The Bertz CT molecular complexity index is 727. The van der Waals surface area contributed by atoms with E-state index in [1.807, 2.05) is 39.0 Å². The van der Waals surface area contributed by atoms with Crippen LogP contribution in [0.15, 0.2) is 35.1 Å². The summed E-state index contributed by atoms with van der Waals surface area (Å²) < 4.78 is 0. The monoisotopic (exact) mass is 323 g/mol. The molecule has 4 N–H and O–H groups in total. The number of carbonyl (C=O) groups is 1. The minimum atomic E-state index is -0.546. The van der Waals surface area contributed by atoms with Gasteiger partial charge < -0.3 is 16.0 Å². The van der Waals surface area contributed by atoms with Crippen LogP contribution in [-0.4, -0.2) is 23.0 Å². The Morgan fingerprint density at radius 2 is 2.00 bits per heavy atom. The number of aromatic amines is 1. The molecule has 0 spiro atoms. The number of carbonyl (C=O) groups excluding carboxylic acids is 1. The number of hydrogen-bond donors (Lipinski definition) is 3. The smallest absolute Gasteiger partial charge is 0.261 e. The predicted octanol–water partition coefficient (Wildman–Crippen LogP) is 2.05. The normalized spacial score (nSPS) is 13.5. The van der Waals surface area contributed by atoms with Crippen LogP contribution in [0.25, 0.3) is 10.9 Å². The van der Waals surface area contributed by atoms with Crippen LogP contribution in [0.4, 0.5) is 0 Å². The summed E-state index contributed by atoms with van der Waals surface area (Å²) >= 11 is 0. The van der Waals surface area contributed by atoms with Gasteiger partial charge in [-0.3, -0.25) is 9.59 Å². The lowest BCUT2D eigenvalue weighted by Gasteiger charge is -2.33. The highest BCUT2D eigenvalue weighted by molar-refractivity contribution is 5.97. The fourth-order valence-corrected chi connectivity index (χ4v) is 2.07. The molecular weight excluding hydrogens is 302 g/mol. The quantitative estimate of drug-likeness (QED) is 0.804. The molecule has 1 aromatic heterocycles. The molecule has 22 heavy (non-hydrogen) atoms. The van der Waals surface area contributed by atoms with Crippen molar-refractivity contribution in [2.75, 3.05) is 6.54 Å². The summed E-state index contributed by atoms with van der Waals surface area (Å²) in [7, 11) is 0. The van der Waals surface area contributed by atoms with Crippen LogP contribution in [0, 0.1) is 5.92 Å². The van der Waals surface area contributed by atoms with E-state index in [4.69, 9.17) is 5.73 Å². The van der Waals surface area contributed by atoms with Gasteiger partial charge in [0, 0.05) is 12.1 Å². The van der Waals surface area contributed by atoms with Gasteiger partial charge in [-0.05, 0) is 30.4 Å². The first-order valence-corrected chi connectivity index (χ1v) is 7.02. The maximum atomic E-state index is 12.4. The standard InChI is InChI=1S/C16H21N3O2.ClH/c1-10(2)16(3,9-17)19-15(21)12-8-11-6-4-5-7-13(11)18-14(12)20;/h4-8,10H,9,17H2,1-3H3,(H,18,20)(H,19,21);1H. The van der Waals surface area contributed by atoms with E-state index in [0.717, 1.165) is 5.39 Å². The summed E-state index contributed by atoms with van der Waals surface area (Å²) in [5, 5.41) is 3.70. The molecule has 5 nitrogen and oxygen atoms in total. The lowest BCUT2D eigenvalue weighted by atomic mass is 9.88. The van der Waals surface area contributed by atoms with Crippen LogP contribution in [0.5, 0.6) is 0 Å². The van der Waals surface area contributed by atoms with Crippen LogP contribution in [0.1, 0.15) is 31.1 Å². The first-order chi connectivity index (χ1) is 9.87. The van der Waals surface area contributed by atoms with Gasteiger partial charge in [-0.2, -0.15) is 0 Å². The molecule has 0 aliphatic rings. The molecule has 2 aromatic rings. The van der Waals surface area contributed by atoms with Crippen LogP contribution in [0.3, 0.4) is 0 Å². The molecule has 0 saturated heterocycles. The molecule has 1 aromatic carbocycles. The maximum Gasteiger partial charge on any atom is 0.261 e. The largest absolute Gasteiger partial charge is 0.345 e. The second-order valence-electron chi connectivity index (χ2n) is 5.83. The number of nitrogens with two attached hydrogens (primary N) is 1. The number of benzene rings is 1. The van der Waals surface area contributed by atoms with Crippen molar-refractivity contribution in [3.8, 4) is 0 Å². The third-order valence-electron chi connectivity index (χ3n) is 4.10. The molecule has 0 aliphatic heterocycles. The van der Waals surface area contributed by atoms with Gasteiger partial charge in [0.1, 0.15) is 5.56 Å². The summed E-state index contributed by atoms with van der Waals surface area (Å²) in [5.74, 6) is -0.241. The van der Waals surface area contributed by atoms with E-state index in [0.29, 0.717) is 12.1 Å². The average molecular weight is 324 g/mol. The van der Waals surface area contributed by atoms with Gasteiger partial charge >= 0.3 is 0 Å². The lowest BCUT2D eigenvalue weighted by molar-refractivity contribution is 0.0882. The van der Waals surface area contributed by atoms with Crippen molar-refractivity contribution < 1.29 is 4.79 Å². The van der Waals surface area contributed by atoms with Crippen molar-refractivity contribution in [1.82, 2.24) is 10.3 Å². The number of amides is 1. The molecule has 0 bridgehead atoms. The van der Waals surface area contributed by atoms with Crippen molar-refractivity contribution in [3.05, 3.63) is 46.2 Å². The molecule has 1 amide bonds. The lowest BCUT2D eigenvalue weighted by Crippen LogP contribution is -2.55. The van der Waals surface area contributed by atoms with E-state index in [-0.39, 0.29) is 23.9 Å². The highest BCUT2D eigenvalue weighted by Gasteiger charge is 2.29. The van der Waals surface area contributed by atoms with Crippen LogP contribution >= 0.6 is 12.4 Å². The Balaban J connectivity index is 0.00000242. The van der Waals surface area contributed by atoms with E-state index >= 15 is 0 Å². The molecule has 1 heterocycles. The van der Waals surface area contributed by atoms with Crippen molar-refractivity contribution in [2.45, 2.75) is 26.3 Å². The summed E-state index contributed by atoms with van der Waals surface area (Å²) in [6.45, 7) is 6.15. The minimum Gasteiger partial charge on any atom is -0.345 e. The number of nitrogens with one attached hydrogen (secondary N) is 2. The van der Waals surface area contributed by atoms with E-state index < -0.39 is 17.0 Å². The molecule has 0 radical (unpaired) electrons. The van der Waals surface area contributed by atoms with Gasteiger partial charge in [0.25, 0.3) is 11.5 Å². The second kappa shape index (κ2) is 6.94. The number of para-hydroxylation sites is 1. The van der Waals surface area contributed by atoms with Crippen molar-refractivity contribution in [3.63, 3.8) is 0 Å². The SMILES string of the molecule is CC(C)C(C)(CN)NC(=O)c1cc2ccccc2[nH]c1=O.Cl. The van der Waals surface area contributed by atoms with Crippen LogP contribution < -0.4 is 16.6 Å². The summed E-state index contributed by atoms with van der Waals surface area (Å²) in [6, 6.07) is 8.96. The molecule has 0 fully saturated rings. The second-order valence-corrected chi connectivity index (χ2v) is 5.83. The topological polar surface area (TPSA) is 88.0 Å². The Morgan fingerprint density at radius 3 is 2.59 bits per heavy atom. The highest BCUT2D eigenvalue weighted by atomic mass is 35.5. The molecule has 1 unspecified atom stereocenters. The van der Waals surface area contributed by atoms with Crippen molar-refractivity contribution in [1.29, 1.82) is 0 Å². The van der Waals surface area contributed by atoms with Crippen LogP contribution in [0.2, 0.25) is 0 Å². The number of aromatic nitrogens is 1. The fourth-order valence-electron chi connectivity index (χ4n) is 2.07. The number of pyridine rings is 1. The summed E-state index contributed by atoms with van der Waals surface area (Å²) in [4.78, 5) is 27.2. The average Bonchev–Trinajstić information content (AvgIpc) is 2.46. The zero-order chi connectivity index (χ0) is 15.6. The van der Waals surface area contributed by atoms with Gasteiger partial charge in [0.05, 0.1) is 5.54 Å². The number of halogens is 1. The van der Waals surface area contributed by atoms with Crippen LogP contribution in [-0.2, 0) is 0 Å². The number of rotatable bonds is 4. The van der Waals surface area contributed by atoms with E-state index in [2.05, 4.69) is 10.3 Å². The van der Waals surface area contributed by atoms with Gasteiger partial charge in [-0.25, -0.2) is 0 Å². The molecule has 0 aliphatic carbocycles. The minimum absolute atomic E-state index is 0. The number of H-pyrrole nitrogens is 1. The van der Waals surface area contributed by atoms with Gasteiger partial charge in [-0.1, -0.05) is 32.0 Å². The Labute approximate surface area is 135 Å². The molecule has 6 heteroatoms. The van der Waals surface area contributed by atoms with Crippen molar-refractivity contribution in [2.24, 2.45) is 11.7 Å². The predicted molar refractivity (Wildman–Crippen MR) is 91.6 cm³/mol. The Kier molecular flexibility index (Phi) is 5.74. The molecular formula is C16H22ClN3O2. The van der Waals surface area contributed by atoms with E-state index in [1.165, 1.54) is 0 Å². The summed E-state index contributed by atoms with van der Waals surface area (Å²) in [5.41, 5.74) is 5.64. The number of hydrogen-bond acceptors (Lipinski definition) is 3. The summed E-state index contributed by atoms with van der Waals surface area (Å²) in [6.07, 6.45) is 0. The van der Waals surface area contributed by atoms with Gasteiger partial charge in [0.2, 0.25) is 0 Å². The molecule has 2 rings (SSSR count).